The number of nitrogens with one attached hydrogen (secondary N) is 1. The average Bonchev–Trinajstić information content (AvgIpc) is 2.28. The zero-order valence-corrected chi connectivity index (χ0v) is 13.2. The van der Waals surface area contributed by atoms with Crippen molar-refractivity contribution in [3.63, 3.8) is 0 Å². The van der Waals surface area contributed by atoms with Crippen LogP contribution in [0.4, 0.5) is 0 Å². The van der Waals surface area contributed by atoms with E-state index in [9.17, 15) is 8.42 Å². The molecule has 0 aromatic heterocycles. The van der Waals surface area contributed by atoms with Gasteiger partial charge in [0.2, 0.25) is 0 Å². The molecule has 0 saturated heterocycles. The molecule has 0 amide bonds. The van der Waals surface area contributed by atoms with Crippen LogP contribution in [-0.4, -0.2) is 19.4 Å². The maximum Gasteiger partial charge on any atom is 0.154 e. The van der Waals surface area contributed by atoms with Crippen LogP contribution in [0.3, 0.4) is 0 Å². The van der Waals surface area contributed by atoms with Gasteiger partial charge in [0, 0.05) is 6.26 Å². The van der Waals surface area contributed by atoms with Gasteiger partial charge >= 0.3 is 0 Å². The molecule has 0 heterocycles. The van der Waals surface area contributed by atoms with Gasteiger partial charge in [-0.15, -0.1) is 0 Å². The Hall–Kier alpha value is -0.910. The van der Waals surface area contributed by atoms with Gasteiger partial charge in [-0.1, -0.05) is 30.7 Å². The molecule has 0 radical (unpaired) electrons. The van der Waals surface area contributed by atoms with Crippen molar-refractivity contribution < 1.29 is 8.42 Å². The molecule has 2 rings (SSSR count). The van der Waals surface area contributed by atoms with Crippen LogP contribution >= 0.6 is 0 Å². The Labute approximate surface area is 121 Å². The third kappa shape index (κ3) is 2.62. The third-order valence-electron chi connectivity index (χ3n) is 4.67. The standard InChI is InChI=1S/C15H24N2O2S/c1-15(2,20(3,18)19)14(17-16)13-10-5-4-9-12(13)11-7-6-8-11/h4-5,9-11,14,17H,6-8,16H2,1-3H3. The fourth-order valence-electron chi connectivity index (χ4n) is 2.74. The van der Waals surface area contributed by atoms with Gasteiger partial charge in [-0.25, -0.2) is 8.42 Å². The highest BCUT2D eigenvalue weighted by atomic mass is 32.2. The quantitative estimate of drug-likeness (QED) is 0.646. The highest BCUT2D eigenvalue weighted by molar-refractivity contribution is 7.92. The average molecular weight is 296 g/mol. The van der Waals surface area contributed by atoms with E-state index in [1.54, 1.807) is 13.8 Å². The second kappa shape index (κ2) is 5.47. The summed E-state index contributed by atoms with van der Waals surface area (Å²) in [5.74, 6) is 6.24. The lowest BCUT2D eigenvalue weighted by Gasteiger charge is -2.36. The molecule has 1 fully saturated rings. The molecule has 0 aliphatic heterocycles. The van der Waals surface area contributed by atoms with Crippen LogP contribution in [0.1, 0.15) is 56.2 Å². The van der Waals surface area contributed by atoms with Crippen LogP contribution in [0, 0.1) is 0 Å². The van der Waals surface area contributed by atoms with Crippen molar-refractivity contribution in [2.24, 2.45) is 5.84 Å². The van der Waals surface area contributed by atoms with Crippen molar-refractivity contribution in [3.05, 3.63) is 35.4 Å². The maximum atomic E-state index is 12.1. The largest absolute Gasteiger partial charge is 0.271 e. The summed E-state index contributed by atoms with van der Waals surface area (Å²) in [7, 11) is -3.24. The van der Waals surface area contributed by atoms with Gasteiger partial charge in [-0.05, 0) is 43.7 Å². The molecule has 112 valence electrons. The van der Waals surface area contributed by atoms with E-state index in [0.717, 1.165) is 5.56 Å². The second-order valence-corrected chi connectivity index (χ2v) is 8.83. The van der Waals surface area contributed by atoms with Crippen molar-refractivity contribution in [1.82, 2.24) is 5.43 Å². The van der Waals surface area contributed by atoms with E-state index in [1.807, 2.05) is 18.2 Å². The number of hydrogen-bond donors (Lipinski definition) is 2. The van der Waals surface area contributed by atoms with E-state index < -0.39 is 20.6 Å². The summed E-state index contributed by atoms with van der Waals surface area (Å²) in [6, 6.07) is 7.64. The van der Waals surface area contributed by atoms with Crippen LogP contribution in [0.25, 0.3) is 0 Å². The lowest BCUT2D eigenvalue weighted by molar-refractivity contribution is 0.393. The van der Waals surface area contributed by atoms with Crippen molar-refractivity contribution in [1.29, 1.82) is 0 Å². The topological polar surface area (TPSA) is 72.2 Å². The number of hydrazine groups is 1. The van der Waals surface area contributed by atoms with Crippen LogP contribution in [0.5, 0.6) is 0 Å². The zero-order valence-electron chi connectivity index (χ0n) is 12.4. The molecule has 5 heteroatoms. The Balaban J connectivity index is 2.47. The van der Waals surface area contributed by atoms with Crippen LogP contribution < -0.4 is 11.3 Å². The van der Waals surface area contributed by atoms with Crippen molar-refractivity contribution in [2.75, 3.05) is 6.26 Å². The number of rotatable bonds is 5. The van der Waals surface area contributed by atoms with E-state index in [1.165, 1.54) is 31.1 Å². The number of nitrogens with two attached hydrogens (primary N) is 1. The molecule has 1 aromatic carbocycles. The Morgan fingerprint density at radius 3 is 2.35 bits per heavy atom. The molecule has 0 spiro atoms. The van der Waals surface area contributed by atoms with E-state index in [2.05, 4.69) is 11.5 Å². The molecular formula is C15H24N2O2S. The first kappa shape index (κ1) is 15.5. The lowest BCUT2D eigenvalue weighted by atomic mass is 9.76. The molecule has 1 saturated carbocycles. The summed E-state index contributed by atoms with van der Waals surface area (Å²) in [4.78, 5) is 0. The normalized spacial score (nSPS) is 18.6. The van der Waals surface area contributed by atoms with Gasteiger partial charge in [-0.2, -0.15) is 0 Å². The smallest absolute Gasteiger partial charge is 0.154 e. The summed E-state index contributed by atoms with van der Waals surface area (Å²) in [5.41, 5.74) is 4.97. The molecule has 1 aromatic rings. The first-order chi connectivity index (χ1) is 9.29. The monoisotopic (exact) mass is 296 g/mol. The minimum absolute atomic E-state index is 0.408. The van der Waals surface area contributed by atoms with Crippen molar-refractivity contribution in [2.45, 2.75) is 49.8 Å². The minimum Gasteiger partial charge on any atom is -0.271 e. The first-order valence-corrected chi connectivity index (χ1v) is 8.92. The molecule has 1 unspecified atom stereocenters. The summed E-state index contributed by atoms with van der Waals surface area (Å²) in [5, 5.41) is 0. The zero-order chi connectivity index (χ0) is 15.0. The summed E-state index contributed by atoms with van der Waals surface area (Å²) in [6.45, 7) is 3.45. The molecular weight excluding hydrogens is 272 g/mol. The summed E-state index contributed by atoms with van der Waals surface area (Å²) >= 11 is 0. The highest BCUT2D eigenvalue weighted by Gasteiger charge is 2.41. The van der Waals surface area contributed by atoms with Gasteiger partial charge in [0.05, 0.1) is 10.8 Å². The molecule has 1 aliphatic carbocycles. The lowest BCUT2D eigenvalue weighted by Crippen LogP contribution is -2.48. The molecule has 4 nitrogen and oxygen atoms in total. The number of benzene rings is 1. The third-order valence-corrected chi connectivity index (χ3v) is 6.82. The Bertz CT molecular complexity index is 577. The van der Waals surface area contributed by atoms with Crippen molar-refractivity contribution >= 4 is 9.84 Å². The molecule has 1 aliphatic rings. The molecule has 0 bridgehead atoms. The van der Waals surface area contributed by atoms with Crippen LogP contribution in [-0.2, 0) is 9.84 Å². The Morgan fingerprint density at radius 2 is 1.90 bits per heavy atom. The fourth-order valence-corrected chi connectivity index (χ4v) is 3.37. The van der Waals surface area contributed by atoms with Gasteiger partial charge < -0.3 is 0 Å². The number of sulfone groups is 1. The fraction of sp³-hybridized carbons (Fsp3) is 0.600. The summed E-state index contributed by atoms with van der Waals surface area (Å²) < 4.78 is 23.2. The van der Waals surface area contributed by atoms with Crippen LogP contribution in [0.15, 0.2) is 24.3 Å². The number of hydrogen-bond acceptors (Lipinski definition) is 4. The molecule has 1 atom stereocenters. The molecule has 3 N–H and O–H groups in total. The van der Waals surface area contributed by atoms with E-state index in [0.29, 0.717) is 5.92 Å². The second-order valence-electron chi connectivity index (χ2n) is 6.23. The molecule has 20 heavy (non-hydrogen) atoms. The van der Waals surface area contributed by atoms with Gasteiger partial charge in [0.25, 0.3) is 0 Å². The predicted octanol–water partition coefficient (Wildman–Crippen LogP) is 2.28. The van der Waals surface area contributed by atoms with E-state index in [-0.39, 0.29) is 0 Å². The maximum absolute atomic E-state index is 12.1. The Kier molecular flexibility index (Phi) is 4.23. The minimum atomic E-state index is -3.24. The van der Waals surface area contributed by atoms with Gasteiger partial charge in [0.1, 0.15) is 0 Å². The SMILES string of the molecule is CC(C)(C(NN)c1ccccc1C1CCC1)S(C)(=O)=O. The van der Waals surface area contributed by atoms with Crippen LogP contribution in [0.2, 0.25) is 0 Å². The summed E-state index contributed by atoms with van der Waals surface area (Å²) in [6.07, 6.45) is 4.86. The van der Waals surface area contributed by atoms with Crippen molar-refractivity contribution in [3.8, 4) is 0 Å². The highest BCUT2D eigenvalue weighted by Crippen LogP contribution is 2.42. The predicted molar refractivity (Wildman–Crippen MR) is 82.0 cm³/mol. The van der Waals surface area contributed by atoms with Gasteiger partial charge in [-0.3, -0.25) is 11.3 Å². The van der Waals surface area contributed by atoms with E-state index >= 15 is 0 Å². The first-order valence-electron chi connectivity index (χ1n) is 7.03. The van der Waals surface area contributed by atoms with Gasteiger partial charge in [0.15, 0.2) is 9.84 Å². The van der Waals surface area contributed by atoms with E-state index in [4.69, 9.17) is 5.84 Å². The Morgan fingerprint density at radius 1 is 1.30 bits per heavy atom.